The molecule has 2 aromatic rings. The van der Waals surface area contributed by atoms with Crippen molar-refractivity contribution < 1.29 is 14.4 Å². The highest BCUT2D eigenvalue weighted by Crippen LogP contribution is 2.29. The second kappa shape index (κ2) is 8.84. The average Bonchev–Trinajstić information content (AvgIpc) is 2.58. The van der Waals surface area contributed by atoms with Gasteiger partial charge in [0.2, 0.25) is 0 Å². The molecule has 0 unspecified atom stereocenters. The van der Waals surface area contributed by atoms with E-state index in [2.05, 4.69) is 4.98 Å². The highest BCUT2D eigenvalue weighted by Gasteiger charge is 2.18. The van der Waals surface area contributed by atoms with Gasteiger partial charge in [0.1, 0.15) is 5.69 Å². The predicted molar refractivity (Wildman–Crippen MR) is 101 cm³/mol. The average molecular weight is 375 g/mol. The topological polar surface area (TPSA) is 127 Å². The summed E-state index contributed by atoms with van der Waals surface area (Å²) >= 11 is 0. The van der Waals surface area contributed by atoms with Crippen LogP contribution in [0.15, 0.2) is 27.8 Å². The van der Waals surface area contributed by atoms with Crippen molar-refractivity contribution in [3.05, 3.63) is 60.4 Å². The fourth-order valence-electron chi connectivity index (χ4n) is 2.25. The minimum absolute atomic E-state index is 0.188. The lowest BCUT2D eigenvalue weighted by atomic mass is 10.1. The first-order valence-corrected chi connectivity index (χ1v) is 8.40. The Morgan fingerprint density at radius 2 is 1.89 bits per heavy atom. The van der Waals surface area contributed by atoms with Gasteiger partial charge in [0, 0.05) is 0 Å². The third-order valence-corrected chi connectivity index (χ3v) is 3.41. The second-order valence-electron chi connectivity index (χ2n) is 6.11. The zero-order chi connectivity index (χ0) is 20.0. The lowest BCUT2D eigenvalue weighted by molar-refractivity contribution is -0.386. The van der Waals surface area contributed by atoms with Crippen molar-refractivity contribution in [2.45, 2.75) is 20.8 Å². The predicted octanol–water partition coefficient (Wildman–Crippen LogP) is 2.58. The van der Waals surface area contributed by atoms with Gasteiger partial charge in [-0.3, -0.25) is 19.9 Å². The Labute approximate surface area is 154 Å². The number of ether oxygens (including phenoxy) is 2. The summed E-state index contributed by atoms with van der Waals surface area (Å²) in [5.41, 5.74) is -2.14. The van der Waals surface area contributed by atoms with Crippen LogP contribution in [0.3, 0.4) is 0 Å². The van der Waals surface area contributed by atoms with Crippen molar-refractivity contribution in [3.8, 4) is 11.5 Å². The van der Waals surface area contributed by atoms with E-state index in [9.17, 15) is 19.7 Å². The van der Waals surface area contributed by atoms with Gasteiger partial charge in [-0.25, -0.2) is 4.79 Å². The standard InChI is InChI=1S/C18H21N3O6/c1-4-26-15-9-12(6-8-14(15)27-10-11(2)3)5-7-13-16(21(24)25)17(22)20-18(23)19-13/h5-9,11H,4,10H2,1-3H3,(H2,19,20,22,23). The lowest BCUT2D eigenvalue weighted by Crippen LogP contribution is -2.25. The molecule has 27 heavy (non-hydrogen) atoms. The number of nitrogens with one attached hydrogen (secondary N) is 2. The van der Waals surface area contributed by atoms with Crippen LogP contribution in [0.2, 0.25) is 0 Å². The summed E-state index contributed by atoms with van der Waals surface area (Å²) < 4.78 is 11.3. The number of nitro groups is 1. The minimum Gasteiger partial charge on any atom is -0.490 e. The number of rotatable bonds is 8. The quantitative estimate of drug-likeness (QED) is 0.539. The van der Waals surface area contributed by atoms with E-state index < -0.39 is 21.9 Å². The number of nitrogens with zero attached hydrogens (tertiary/aromatic N) is 1. The molecule has 0 fully saturated rings. The maximum Gasteiger partial charge on any atom is 0.357 e. The molecule has 9 nitrogen and oxygen atoms in total. The number of aromatic nitrogens is 2. The molecule has 1 heterocycles. The van der Waals surface area contributed by atoms with Gasteiger partial charge in [0.05, 0.1) is 18.1 Å². The van der Waals surface area contributed by atoms with Crippen molar-refractivity contribution in [1.82, 2.24) is 9.97 Å². The second-order valence-corrected chi connectivity index (χ2v) is 6.11. The smallest absolute Gasteiger partial charge is 0.357 e. The Morgan fingerprint density at radius 3 is 2.52 bits per heavy atom. The fourth-order valence-corrected chi connectivity index (χ4v) is 2.25. The first-order chi connectivity index (χ1) is 12.8. The van der Waals surface area contributed by atoms with Crippen molar-refractivity contribution in [2.24, 2.45) is 5.92 Å². The number of benzene rings is 1. The molecule has 0 spiro atoms. The minimum atomic E-state index is -1.06. The van der Waals surface area contributed by atoms with E-state index in [-0.39, 0.29) is 5.69 Å². The number of hydrogen-bond donors (Lipinski definition) is 2. The highest BCUT2D eigenvalue weighted by molar-refractivity contribution is 5.72. The molecule has 0 saturated heterocycles. The maximum absolute atomic E-state index is 11.6. The Morgan fingerprint density at radius 1 is 1.15 bits per heavy atom. The first kappa shape index (κ1) is 20.0. The van der Waals surface area contributed by atoms with E-state index in [1.165, 1.54) is 12.2 Å². The zero-order valence-electron chi connectivity index (χ0n) is 15.3. The molecule has 0 bridgehead atoms. The van der Waals surface area contributed by atoms with Crippen LogP contribution in [0.5, 0.6) is 11.5 Å². The molecule has 0 aliphatic heterocycles. The summed E-state index contributed by atoms with van der Waals surface area (Å²) in [6, 6.07) is 5.20. The van der Waals surface area contributed by atoms with Gasteiger partial charge in [-0.15, -0.1) is 0 Å². The van der Waals surface area contributed by atoms with E-state index in [0.717, 1.165) is 0 Å². The van der Waals surface area contributed by atoms with Crippen LogP contribution in [0, 0.1) is 16.0 Å². The van der Waals surface area contributed by atoms with E-state index in [4.69, 9.17) is 9.47 Å². The van der Waals surface area contributed by atoms with E-state index in [1.54, 1.807) is 18.2 Å². The normalized spacial score (nSPS) is 11.1. The molecule has 2 rings (SSSR count). The maximum atomic E-state index is 11.6. The molecule has 144 valence electrons. The van der Waals surface area contributed by atoms with Gasteiger partial charge in [-0.05, 0) is 36.6 Å². The van der Waals surface area contributed by atoms with Gasteiger partial charge < -0.3 is 14.5 Å². The van der Waals surface area contributed by atoms with Crippen LogP contribution < -0.4 is 20.7 Å². The van der Waals surface area contributed by atoms with Gasteiger partial charge >= 0.3 is 16.9 Å². The largest absolute Gasteiger partial charge is 0.490 e. The van der Waals surface area contributed by atoms with Crippen LogP contribution in [0.1, 0.15) is 32.0 Å². The lowest BCUT2D eigenvalue weighted by Gasteiger charge is -2.14. The van der Waals surface area contributed by atoms with Crippen LogP contribution >= 0.6 is 0 Å². The molecule has 0 aliphatic rings. The Balaban J connectivity index is 2.37. The monoisotopic (exact) mass is 375 g/mol. The SMILES string of the molecule is CCOc1cc(C=Cc2[nH]c(=O)[nH]c(=O)c2[N+](=O)[O-])ccc1OCC(C)C. The zero-order valence-corrected chi connectivity index (χ0v) is 15.3. The first-order valence-electron chi connectivity index (χ1n) is 8.40. The molecule has 0 amide bonds. The van der Waals surface area contributed by atoms with Crippen LogP contribution in [-0.4, -0.2) is 28.1 Å². The number of H-pyrrole nitrogens is 2. The summed E-state index contributed by atoms with van der Waals surface area (Å²) in [5.74, 6) is 1.49. The summed E-state index contributed by atoms with van der Waals surface area (Å²) in [7, 11) is 0. The van der Waals surface area contributed by atoms with E-state index in [1.807, 2.05) is 25.8 Å². The summed E-state index contributed by atoms with van der Waals surface area (Å²) in [6.07, 6.45) is 2.83. The molecule has 1 aromatic heterocycles. The van der Waals surface area contributed by atoms with Crippen LogP contribution in [-0.2, 0) is 0 Å². The van der Waals surface area contributed by atoms with Crippen molar-refractivity contribution in [2.75, 3.05) is 13.2 Å². The molecule has 0 atom stereocenters. The van der Waals surface area contributed by atoms with Crippen LogP contribution in [0.4, 0.5) is 5.69 Å². The number of hydrogen-bond acceptors (Lipinski definition) is 6. The Hall–Kier alpha value is -3.36. The van der Waals surface area contributed by atoms with E-state index >= 15 is 0 Å². The summed E-state index contributed by atoms with van der Waals surface area (Å²) in [4.78, 5) is 37.4. The molecular weight excluding hydrogens is 354 g/mol. The van der Waals surface area contributed by atoms with Crippen molar-refractivity contribution in [1.29, 1.82) is 0 Å². The molecule has 2 N–H and O–H groups in total. The fraction of sp³-hybridized carbons (Fsp3) is 0.333. The highest BCUT2D eigenvalue weighted by atomic mass is 16.6. The van der Waals surface area contributed by atoms with Gasteiger partial charge in [0.15, 0.2) is 11.5 Å². The molecule has 0 radical (unpaired) electrons. The van der Waals surface area contributed by atoms with E-state index in [0.29, 0.717) is 36.2 Å². The van der Waals surface area contributed by atoms with Crippen LogP contribution in [0.25, 0.3) is 12.2 Å². The summed E-state index contributed by atoms with van der Waals surface area (Å²) in [6.45, 7) is 6.89. The summed E-state index contributed by atoms with van der Waals surface area (Å²) in [5, 5.41) is 11.1. The number of aromatic amines is 2. The third kappa shape index (κ3) is 5.30. The molecule has 0 aliphatic carbocycles. The molecule has 9 heteroatoms. The van der Waals surface area contributed by atoms with Crippen molar-refractivity contribution >= 4 is 17.8 Å². The van der Waals surface area contributed by atoms with Gasteiger partial charge in [-0.2, -0.15) is 0 Å². The third-order valence-electron chi connectivity index (χ3n) is 3.41. The molecule has 0 saturated carbocycles. The Kier molecular flexibility index (Phi) is 6.53. The van der Waals surface area contributed by atoms with Gasteiger partial charge in [0.25, 0.3) is 0 Å². The van der Waals surface area contributed by atoms with Gasteiger partial charge in [-0.1, -0.05) is 26.0 Å². The molecule has 1 aromatic carbocycles. The molecular formula is C18H21N3O6. The Bertz CT molecular complexity index is 958. The van der Waals surface area contributed by atoms with Crippen molar-refractivity contribution in [3.63, 3.8) is 0 Å².